The molecule has 0 unspecified atom stereocenters. The largest absolute Gasteiger partial charge is 0.371 e. The van der Waals surface area contributed by atoms with E-state index in [9.17, 15) is 14.4 Å². The van der Waals surface area contributed by atoms with E-state index in [0.29, 0.717) is 0 Å². The van der Waals surface area contributed by atoms with Crippen LogP contribution in [0.3, 0.4) is 0 Å². The van der Waals surface area contributed by atoms with E-state index in [-0.39, 0.29) is 11.6 Å². The van der Waals surface area contributed by atoms with Gasteiger partial charge in [-0.2, -0.15) is 0 Å². The van der Waals surface area contributed by atoms with Crippen LogP contribution in [0.5, 0.6) is 0 Å². The Morgan fingerprint density at radius 1 is 0.897 bits per heavy atom. The monoisotopic (exact) mass is 393 g/mol. The Hall–Kier alpha value is -2.63. The fraction of sp³-hybridized carbons (Fsp3) is 0.522. The van der Waals surface area contributed by atoms with Crippen LogP contribution in [0.4, 0.5) is 10.5 Å². The summed E-state index contributed by atoms with van der Waals surface area (Å²) in [5.41, 5.74) is 4.95. The lowest BCUT2D eigenvalue weighted by molar-refractivity contribution is -0.132. The fourth-order valence-electron chi connectivity index (χ4n) is 5.42. The molecular formula is C23H27N3O3. The van der Waals surface area contributed by atoms with Crippen LogP contribution in [-0.4, -0.2) is 41.9 Å². The number of urea groups is 1. The van der Waals surface area contributed by atoms with Gasteiger partial charge in [0, 0.05) is 24.8 Å². The third kappa shape index (κ3) is 3.24. The van der Waals surface area contributed by atoms with E-state index < -0.39 is 17.8 Å². The molecule has 29 heavy (non-hydrogen) atoms. The summed E-state index contributed by atoms with van der Waals surface area (Å²) in [7, 11) is 0. The van der Waals surface area contributed by atoms with E-state index in [4.69, 9.17) is 0 Å². The Morgan fingerprint density at radius 2 is 1.55 bits per heavy atom. The third-order valence-electron chi connectivity index (χ3n) is 6.74. The molecule has 3 aliphatic heterocycles. The number of hydrogen-bond acceptors (Lipinski definition) is 4. The van der Waals surface area contributed by atoms with Gasteiger partial charge in [0.15, 0.2) is 0 Å². The molecule has 1 aromatic rings. The van der Waals surface area contributed by atoms with Crippen LogP contribution >= 0.6 is 0 Å². The molecule has 5 rings (SSSR count). The van der Waals surface area contributed by atoms with Crippen LogP contribution in [0.1, 0.15) is 61.6 Å². The van der Waals surface area contributed by atoms with Gasteiger partial charge >= 0.3 is 6.03 Å². The van der Waals surface area contributed by atoms with Crippen LogP contribution in [0.15, 0.2) is 17.7 Å². The van der Waals surface area contributed by atoms with E-state index in [1.54, 1.807) is 6.08 Å². The average molecular weight is 393 g/mol. The maximum absolute atomic E-state index is 13.1. The van der Waals surface area contributed by atoms with Crippen molar-refractivity contribution < 1.29 is 14.4 Å². The smallest absolute Gasteiger partial charge is 0.331 e. The van der Waals surface area contributed by atoms with E-state index in [1.807, 2.05) is 0 Å². The van der Waals surface area contributed by atoms with Crippen LogP contribution in [0.25, 0.3) is 6.08 Å². The molecule has 0 radical (unpaired) electrons. The second kappa shape index (κ2) is 7.32. The molecular weight excluding hydrogens is 366 g/mol. The number of rotatable bonds is 2. The Labute approximate surface area is 170 Å². The van der Waals surface area contributed by atoms with E-state index in [0.717, 1.165) is 76.4 Å². The van der Waals surface area contributed by atoms with E-state index in [1.165, 1.54) is 21.7 Å². The van der Waals surface area contributed by atoms with E-state index >= 15 is 0 Å². The lowest BCUT2D eigenvalue weighted by atomic mass is 9.89. The summed E-state index contributed by atoms with van der Waals surface area (Å²) in [5.74, 6) is -1.03. The first kappa shape index (κ1) is 18.4. The molecule has 0 spiro atoms. The molecule has 1 saturated heterocycles. The number of hydrogen-bond donors (Lipinski definition) is 1. The normalized spacial score (nSPS) is 24.0. The number of carbonyl (C=O) groups excluding carboxylic acids is 3. The quantitative estimate of drug-likeness (QED) is 0.619. The van der Waals surface area contributed by atoms with Crippen molar-refractivity contribution in [2.24, 2.45) is 0 Å². The number of anilines is 1. The van der Waals surface area contributed by atoms with Crippen molar-refractivity contribution in [3.05, 3.63) is 34.4 Å². The lowest BCUT2D eigenvalue weighted by Crippen LogP contribution is -2.58. The summed E-state index contributed by atoms with van der Waals surface area (Å²) in [4.78, 5) is 41.8. The minimum absolute atomic E-state index is 0.0748. The summed E-state index contributed by atoms with van der Waals surface area (Å²) < 4.78 is 0. The fourth-order valence-corrected chi connectivity index (χ4v) is 5.42. The van der Waals surface area contributed by atoms with Crippen LogP contribution in [-0.2, 0) is 22.4 Å². The predicted molar refractivity (Wildman–Crippen MR) is 111 cm³/mol. The van der Waals surface area contributed by atoms with Crippen molar-refractivity contribution in [1.29, 1.82) is 0 Å². The van der Waals surface area contributed by atoms with Gasteiger partial charge < -0.3 is 4.90 Å². The van der Waals surface area contributed by atoms with Crippen molar-refractivity contribution in [3.63, 3.8) is 0 Å². The summed E-state index contributed by atoms with van der Waals surface area (Å²) in [6.07, 6.45) is 10.8. The Bertz CT molecular complexity index is 883. The summed E-state index contributed by atoms with van der Waals surface area (Å²) >= 11 is 0. The minimum atomic E-state index is -0.583. The first-order valence-electron chi connectivity index (χ1n) is 10.9. The van der Waals surface area contributed by atoms with Gasteiger partial charge in [0.05, 0.1) is 0 Å². The van der Waals surface area contributed by atoms with Gasteiger partial charge in [-0.1, -0.05) is 19.3 Å². The second-order valence-electron chi connectivity index (χ2n) is 8.67. The maximum Gasteiger partial charge on any atom is 0.331 e. The van der Waals surface area contributed by atoms with Gasteiger partial charge in [-0.25, -0.2) is 4.79 Å². The van der Waals surface area contributed by atoms with Crippen molar-refractivity contribution in [1.82, 2.24) is 10.2 Å². The Balaban J connectivity index is 1.50. The third-order valence-corrected chi connectivity index (χ3v) is 6.74. The molecule has 4 aliphatic rings. The SMILES string of the molecule is O=C1NC(=O)N(C2CCCCC2)C(=O)C1=Cc1cc2c3c(c1)CCCN3CCC2. The molecule has 0 atom stereocenters. The van der Waals surface area contributed by atoms with Gasteiger partial charge in [-0.3, -0.25) is 19.8 Å². The molecule has 1 aliphatic carbocycles. The zero-order valence-electron chi connectivity index (χ0n) is 16.7. The van der Waals surface area contributed by atoms with Gasteiger partial charge in [-0.05, 0) is 73.4 Å². The molecule has 6 nitrogen and oxygen atoms in total. The molecule has 2 fully saturated rings. The molecule has 1 N–H and O–H groups in total. The molecule has 1 aromatic carbocycles. The topological polar surface area (TPSA) is 69.7 Å². The number of barbiturate groups is 1. The second-order valence-corrected chi connectivity index (χ2v) is 8.67. The highest BCUT2D eigenvalue weighted by atomic mass is 16.2. The highest BCUT2D eigenvalue weighted by Crippen LogP contribution is 2.36. The van der Waals surface area contributed by atoms with E-state index in [2.05, 4.69) is 22.3 Å². The number of imide groups is 2. The summed E-state index contributed by atoms with van der Waals surface area (Å²) in [5, 5.41) is 2.39. The van der Waals surface area contributed by atoms with Gasteiger partial charge in [0.25, 0.3) is 11.8 Å². The zero-order chi connectivity index (χ0) is 20.0. The average Bonchev–Trinajstić information content (AvgIpc) is 2.72. The van der Waals surface area contributed by atoms with Gasteiger partial charge in [0.2, 0.25) is 0 Å². The molecule has 3 heterocycles. The predicted octanol–water partition coefficient (Wildman–Crippen LogP) is 3.18. The first-order valence-corrected chi connectivity index (χ1v) is 10.9. The summed E-state index contributed by atoms with van der Waals surface area (Å²) in [6, 6.07) is 3.56. The van der Waals surface area contributed by atoms with Crippen molar-refractivity contribution >= 4 is 29.6 Å². The van der Waals surface area contributed by atoms with Crippen LogP contribution in [0, 0.1) is 0 Å². The van der Waals surface area contributed by atoms with Gasteiger partial charge in [-0.15, -0.1) is 0 Å². The first-order chi connectivity index (χ1) is 14.1. The Morgan fingerprint density at radius 3 is 2.21 bits per heavy atom. The number of amides is 4. The number of aryl methyl sites for hydroxylation is 2. The molecule has 1 saturated carbocycles. The highest BCUT2D eigenvalue weighted by Gasteiger charge is 2.40. The van der Waals surface area contributed by atoms with Gasteiger partial charge in [0.1, 0.15) is 5.57 Å². The highest BCUT2D eigenvalue weighted by molar-refractivity contribution is 6.31. The standard InChI is InChI=1S/C23H27N3O3/c27-21-19(22(28)26(23(29)24-21)18-8-2-1-3-9-18)14-15-12-16-6-4-10-25-11-5-7-17(13-15)20(16)25/h12-14,18H,1-11H2,(H,24,27,29). The number of benzene rings is 1. The summed E-state index contributed by atoms with van der Waals surface area (Å²) in [6.45, 7) is 2.22. The van der Waals surface area contributed by atoms with Crippen LogP contribution < -0.4 is 10.2 Å². The lowest BCUT2D eigenvalue weighted by Gasteiger charge is -2.37. The molecule has 0 bridgehead atoms. The number of nitrogens with one attached hydrogen (secondary N) is 1. The molecule has 0 aromatic heterocycles. The van der Waals surface area contributed by atoms with Crippen molar-refractivity contribution in [2.45, 2.75) is 63.8 Å². The molecule has 4 amide bonds. The van der Waals surface area contributed by atoms with Crippen molar-refractivity contribution in [3.8, 4) is 0 Å². The zero-order valence-corrected chi connectivity index (χ0v) is 16.7. The number of nitrogens with zero attached hydrogens (tertiary/aromatic N) is 2. The maximum atomic E-state index is 13.1. The van der Waals surface area contributed by atoms with Crippen LogP contribution in [0.2, 0.25) is 0 Å². The minimum Gasteiger partial charge on any atom is -0.371 e. The number of carbonyl (C=O) groups is 3. The Kier molecular flexibility index (Phi) is 4.64. The molecule has 152 valence electrons. The van der Waals surface area contributed by atoms with Crippen molar-refractivity contribution in [2.75, 3.05) is 18.0 Å². The molecule has 6 heteroatoms.